The first-order chi connectivity index (χ1) is 11.1. The number of carbonyl (C=O) groups is 1. The summed E-state index contributed by atoms with van der Waals surface area (Å²) in [5, 5.41) is 4.15. The van der Waals surface area contributed by atoms with Crippen LogP contribution in [-0.2, 0) is 0 Å². The van der Waals surface area contributed by atoms with Crippen LogP contribution < -0.4 is 9.47 Å². The van der Waals surface area contributed by atoms with E-state index in [2.05, 4.69) is 26.0 Å². The highest BCUT2D eigenvalue weighted by Gasteiger charge is 2.15. The summed E-state index contributed by atoms with van der Waals surface area (Å²) in [6.45, 7) is -0.237. The molecule has 0 aromatic carbocycles. The predicted molar refractivity (Wildman–Crippen MR) is 83.5 cm³/mol. The Bertz CT molecular complexity index is 864. The second-order valence-corrected chi connectivity index (χ2v) is 5.52. The van der Waals surface area contributed by atoms with Gasteiger partial charge in [-0.05, 0) is 34.1 Å². The van der Waals surface area contributed by atoms with E-state index in [1.165, 1.54) is 19.2 Å². The van der Waals surface area contributed by atoms with Crippen LogP contribution in [0, 0.1) is 5.82 Å². The first-order valence-electron chi connectivity index (χ1n) is 6.57. The van der Waals surface area contributed by atoms with Gasteiger partial charge in [0.2, 0.25) is 5.78 Å². The molecule has 0 saturated heterocycles. The Balaban J connectivity index is 1.85. The Morgan fingerprint density at radius 1 is 1.35 bits per heavy atom. The van der Waals surface area contributed by atoms with E-state index < -0.39 is 5.82 Å². The zero-order valence-electron chi connectivity index (χ0n) is 12.0. The normalized spacial score (nSPS) is 10.7. The van der Waals surface area contributed by atoms with Crippen LogP contribution in [-0.4, -0.2) is 34.1 Å². The van der Waals surface area contributed by atoms with Crippen molar-refractivity contribution in [1.82, 2.24) is 14.6 Å². The van der Waals surface area contributed by atoms with Gasteiger partial charge < -0.3 is 9.47 Å². The van der Waals surface area contributed by atoms with Crippen molar-refractivity contribution in [2.45, 2.75) is 0 Å². The second-order valence-electron chi connectivity index (χ2n) is 4.60. The number of carbonyl (C=O) groups excluding carboxylic acids is 1. The minimum Gasteiger partial charge on any atom is -0.493 e. The van der Waals surface area contributed by atoms with Crippen molar-refractivity contribution in [3.8, 4) is 11.5 Å². The summed E-state index contributed by atoms with van der Waals surface area (Å²) >= 11 is 3.35. The van der Waals surface area contributed by atoms with Crippen molar-refractivity contribution in [2.75, 3.05) is 13.7 Å². The molecule has 0 aliphatic carbocycles. The fraction of sp³-hybridized carbons (Fsp3) is 0.133. The Morgan fingerprint density at radius 2 is 2.17 bits per heavy atom. The van der Waals surface area contributed by atoms with Crippen molar-refractivity contribution >= 4 is 27.2 Å². The monoisotopic (exact) mass is 379 g/mol. The maximum atomic E-state index is 12.8. The molecule has 0 bridgehead atoms. The fourth-order valence-corrected chi connectivity index (χ4v) is 2.45. The Kier molecular flexibility index (Phi) is 4.24. The molecule has 0 aliphatic heterocycles. The number of aromatic nitrogens is 3. The highest BCUT2D eigenvalue weighted by Crippen LogP contribution is 2.31. The lowest BCUT2D eigenvalue weighted by molar-refractivity contribution is 0.0917. The van der Waals surface area contributed by atoms with E-state index in [9.17, 15) is 9.18 Å². The van der Waals surface area contributed by atoms with Crippen LogP contribution in [0.4, 0.5) is 4.39 Å². The number of pyridine rings is 2. The van der Waals surface area contributed by atoms with Gasteiger partial charge in [-0.25, -0.2) is 13.9 Å². The van der Waals surface area contributed by atoms with Gasteiger partial charge in [0.25, 0.3) is 0 Å². The van der Waals surface area contributed by atoms with Crippen LogP contribution >= 0.6 is 15.9 Å². The molecule has 0 N–H and O–H groups in total. The third kappa shape index (κ3) is 3.16. The maximum absolute atomic E-state index is 12.8. The van der Waals surface area contributed by atoms with Crippen molar-refractivity contribution in [3.63, 3.8) is 0 Å². The molecule has 6 nitrogen and oxygen atoms in total. The minimum atomic E-state index is -0.500. The molecule has 0 atom stereocenters. The number of hydrogen-bond donors (Lipinski definition) is 0. The molecule has 0 fully saturated rings. The van der Waals surface area contributed by atoms with E-state index in [1.54, 1.807) is 23.0 Å². The molecule has 118 valence electrons. The Labute approximate surface area is 139 Å². The number of ether oxygens (including phenoxy) is 2. The Hall–Kier alpha value is -2.48. The summed E-state index contributed by atoms with van der Waals surface area (Å²) in [6, 6.07) is 4.21. The van der Waals surface area contributed by atoms with Gasteiger partial charge in [0, 0.05) is 10.7 Å². The predicted octanol–water partition coefficient (Wildman–Crippen LogP) is 2.90. The molecule has 3 aromatic rings. The van der Waals surface area contributed by atoms with Gasteiger partial charge >= 0.3 is 0 Å². The number of ketones is 1. The molecule has 3 aromatic heterocycles. The first-order valence-corrected chi connectivity index (χ1v) is 7.36. The summed E-state index contributed by atoms with van der Waals surface area (Å²) in [5.74, 6) is 0.103. The standard InChI is InChI=1S/C15H11BrFN3O3/c1-22-14-6-19-20-7-9(16)4-13(15(14)20)23-8-12(21)11-3-2-10(17)5-18-11/h2-7H,8H2,1H3. The average molecular weight is 380 g/mol. The van der Waals surface area contributed by atoms with E-state index in [0.29, 0.717) is 17.0 Å². The van der Waals surface area contributed by atoms with E-state index in [-0.39, 0.29) is 18.1 Å². The summed E-state index contributed by atoms with van der Waals surface area (Å²) in [4.78, 5) is 15.8. The van der Waals surface area contributed by atoms with Crippen LogP contribution in [0.15, 0.2) is 41.3 Å². The summed E-state index contributed by atoms with van der Waals surface area (Å²) in [5.41, 5.74) is 0.744. The fourth-order valence-electron chi connectivity index (χ4n) is 2.04. The lowest BCUT2D eigenvalue weighted by atomic mass is 10.2. The van der Waals surface area contributed by atoms with E-state index in [4.69, 9.17) is 9.47 Å². The number of methoxy groups -OCH3 is 1. The van der Waals surface area contributed by atoms with E-state index in [1.807, 2.05) is 0 Å². The van der Waals surface area contributed by atoms with Gasteiger partial charge in [0.1, 0.15) is 11.5 Å². The quantitative estimate of drug-likeness (QED) is 0.637. The molecule has 8 heteroatoms. The molecular weight excluding hydrogens is 369 g/mol. The second kappa shape index (κ2) is 6.33. The lowest BCUT2D eigenvalue weighted by Gasteiger charge is -2.09. The lowest BCUT2D eigenvalue weighted by Crippen LogP contribution is -2.13. The maximum Gasteiger partial charge on any atom is 0.218 e. The topological polar surface area (TPSA) is 65.7 Å². The molecule has 0 unspecified atom stereocenters. The number of hydrogen-bond acceptors (Lipinski definition) is 5. The molecular formula is C15H11BrFN3O3. The number of nitrogens with zero attached hydrogens (tertiary/aromatic N) is 3. The Morgan fingerprint density at radius 3 is 2.87 bits per heavy atom. The smallest absolute Gasteiger partial charge is 0.218 e. The molecule has 0 radical (unpaired) electrons. The zero-order valence-corrected chi connectivity index (χ0v) is 13.6. The first kappa shape index (κ1) is 15.4. The van der Waals surface area contributed by atoms with Crippen LogP contribution in [0.5, 0.6) is 11.5 Å². The number of halogens is 2. The number of fused-ring (bicyclic) bond motifs is 1. The SMILES string of the molecule is COc1cnn2cc(Br)cc(OCC(=O)c3ccc(F)cn3)c12. The average Bonchev–Trinajstić information content (AvgIpc) is 2.95. The van der Waals surface area contributed by atoms with Crippen molar-refractivity contribution in [2.24, 2.45) is 0 Å². The number of Topliss-reactive ketones (excluding diaryl/α,β-unsaturated/α-hetero) is 1. The molecule has 0 aliphatic rings. The van der Waals surface area contributed by atoms with Gasteiger partial charge in [-0.15, -0.1) is 0 Å². The van der Waals surface area contributed by atoms with Crippen molar-refractivity contribution < 1.29 is 18.7 Å². The van der Waals surface area contributed by atoms with Gasteiger partial charge in [-0.2, -0.15) is 5.10 Å². The third-order valence-corrected chi connectivity index (χ3v) is 3.54. The van der Waals surface area contributed by atoms with Crippen molar-refractivity contribution in [3.05, 3.63) is 52.8 Å². The van der Waals surface area contributed by atoms with Crippen LogP contribution in [0.1, 0.15) is 10.5 Å². The summed E-state index contributed by atoms with van der Waals surface area (Å²) in [7, 11) is 1.52. The zero-order chi connectivity index (χ0) is 16.4. The molecule has 3 heterocycles. The van der Waals surface area contributed by atoms with Gasteiger partial charge in [-0.3, -0.25) is 4.79 Å². The molecule has 0 amide bonds. The van der Waals surface area contributed by atoms with Crippen LogP contribution in [0.3, 0.4) is 0 Å². The minimum absolute atomic E-state index is 0.137. The number of rotatable bonds is 5. The molecule has 0 spiro atoms. The van der Waals surface area contributed by atoms with Crippen LogP contribution in [0.2, 0.25) is 0 Å². The molecule has 0 saturated carbocycles. The molecule has 3 rings (SSSR count). The van der Waals surface area contributed by atoms with E-state index >= 15 is 0 Å². The third-order valence-electron chi connectivity index (χ3n) is 3.10. The van der Waals surface area contributed by atoms with Crippen molar-refractivity contribution in [1.29, 1.82) is 0 Å². The largest absolute Gasteiger partial charge is 0.493 e. The van der Waals surface area contributed by atoms with Crippen LogP contribution in [0.25, 0.3) is 5.52 Å². The summed E-state index contributed by atoms with van der Waals surface area (Å²) in [6.07, 6.45) is 4.29. The van der Waals surface area contributed by atoms with Gasteiger partial charge in [0.05, 0.1) is 19.5 Å². The highest BCUT2D eigenvalue weighted by molar-refractivity contribution is 9.10. The highest BCUT2D eigenvalue weighted by atomic mass is 79.9. The van der Waals surface area contributed by atoms with E-state index in [0.717, 1.165) is 10.7 Å². The molecule has 23 heavy (non-hydrogen) atoms. The van der Waals surface area contributed by atoms with Gasteiger partial charge in [0.15, 0.2) is 23.6 Å². The summed E-state index contributed by atoms with van der Waals surface area (Å²) < 4.78 is 26.0. The van der Waals surface area contributed by atoms with Gasteiger partial charge in [-0.1, -0.05) is 0 Å².